The lowest BCUT2D eigenvalue weighted by Gasteiger charge is -2.47. The van der Waals surface area contributed by atoms with Crippen molar-refractivity contribution in [1.82, 2.24) is 9.21 Å². The molecule has 2 heterocycles. The summed E-state index contributed by atoms with van der Waals surface area (Å²) in [6.07, 6.45) is 3.07. The van der Waals surface area contributed by atoms with Crippen LogP contribution in [0.2, 0.25) is 0 Å². The minimum absolute atomic E-state index is 0.321. The van der Waals surface area contributed by atoms with Crippen molar-refractivity contribution < 1.29 is 17.9 Å². The Balaban J connectivity index is 1.66. The number of likely N-dealkylation sites (tertiary alicyclic amines) is 1. The zero-order valence-electron chi connectivity index (χ0n) is 16.4. The summed E-state index contributed by atoms with van der Waals surface area (Å²) in [4.78, 5) is 14.1. The number of sulfonamides is 1. The average Bonchev–Trinajstić information content (AvgIpc) is 2.67. The molecular weight excluding hydrogens is 364 g/mol. The lowest BCUT2D eigenvalue weighted by Crippen LogP contribution is -2.55. The Morgan fingerprint density at radius 3 is 2.52 bits per heavy atom. The normalized spacial score (nSPS) is 24.6. The lowest BCUT2D eigenvalue weighted by atomic mass is 9.84. The van der Waals surface area contributed by atoms with Gasteiger partial charge in [-0.3, -0.25) is 4.90 Å². The van der Waals surface area contributed by atoms with Crippen LogP contribution in [-0.2, 0) is 21.3 Å². The van der Waals surface area contributed by atoms with Crippen molar-refractivity contribution in [2.24, 2.45) is 5.92 Å². The second-order valence-electron chi connectivity index (χ2n) is 7.87. The molecule has 3 rings (SSSR count). The maximum atomic E-state index is 12.5. The molecule has 27 heavy (non-hydrogen) atoms. The molecule has 2 saturated heterocycles. The summed E-state index contributed by atoms with van der Waals surface area (Å²) in [6, 6.07) is 8.00. The van der Waals surface area contributed by atoms with E-state index < -0.39 is 10.0 Å². The molecule has 0 aliphatic carbocycles. The molecule has 1 aromatic carbocycles. The Morgan fingerprint density at radius 1 is 1.19 bits per heavy atom. The molecule has 150 valence electrons. The van der Waals surface area contributed by atoms with Crippen molar-refractivity contribution in [3.63, 3.8) is 0 Å². The Hall–Kier alpha value is -1.44. The lowest BCUT2D eigenvalue weighted by molar-refractivity contribution is 0.0413. The highest BCUT2D eigenvalue weighted by Crippen LogP contribution is 2.33. The van der Waals surface area contributed by atoms with Crippen LogP contribution in [0.15, 0.2) is 24.3 Å². The molecule has 2 atom stereocenters. The van der Waals surface area contributed by atoms with E-state index in [1.54, 1.807) is 30.3 Å². The summed E-state index contributed by atoms with van der Waals surface area (Å²) in [5, 5.41) is -0.359. The highest BCUT2D eigenvalue weighted by Gasteiger charge is 2.39. The first-order valence-electron chi connectivity index (χ1n) is 9.73. The molecule has 0 unspecified atom stereocenters. The summed E-state index contributed by atoms with van der Waals surface area (Å²) >= 11 is 0. The van der Waals surface area contributed by atoms with E-state index >= 15 is 0 Å². The molecule has 2 aliphatic rings. The van der Waals surface area contributed by atoms with E-state index in [-0.39, 0.29) is 11.2 Å². The van der Waals surface area contributed by atoms with Gasteiger partial charge in [0.1, 0.15) is 0 Å². The van der Waals surface area contributed by atoms with Crippen molar-refractivity contribution in [2.75, 3.05) is 26.7 Å². The largest absolute Gasteiger partial charge is 0.465 e. The van der Waals surface area contributed by atoms with Gasteiger partial charge in [0, 0.05) is 25.7 Å². The van der Waals surface area contributed by atoms with Gasteiger partial charge in [-0.05, 0) is 63.3 Å². The number of piperidine rings is 2. The van der Waals surface area contributed by atoms with Crippen molar-refractivity contribution in [2.45, 2.75) is 50.9 Å². The van der Waals surface area contributed by atoms with Gasteiger partial charge in [-0.1, -0.05) is 12.1 Å². The number of carbonyl (C=O) groups is 1. The number of nitrogens with zero attached hydrogens (tertiary/aromatic N) is 2. The number of rotatable bonds is 5. The molecule has 2 fully saturated rings. The second kappa shape index (κ2) is 8.29. The van der Waals surface area contributed by atoms with Crippen LogP contribution in [0, 0.1) is 5.92 Å². The number of hydrogen-bond donors (Lipinski definition) is 0. The summed E-state index contributed by atoms with van der Waals surface area (Å²) in [7, 11) is -1.79. The molecular formula is C20H30N2O4S. The molecule has 0 N–H and O–H groups in total. The van der Waals surface area contributed by atoms with Crippen molar-refractivity contribution >= 4 is 16.0 Å². The van der Waals surface area contributed by atoms with Gasteiger partial charge in [-0.25, -0.2) is 17.5 Å². The zero-order valence-corrected chi connectivity index (χ0v) is 17.2. The van der Waals surface area contributed by atoms with Gasteiger partial charge in [0.25, 0.3) is 0 Å². The monoisotopic (exact) mass is 394 g/mol. The van der Waals surface area contributed by atoms with Gasteiger partial charge < -0.3 is 4.74 Å². The van der Waals surface area contributed by atoms with E-state index in [4.69, 9.17) is 4.74 Å². The van der Waals surface area contributed by atoms with Gasteiger partial charge in [0.15, 0.2) is 0 Å². The molecule has 6 nitrogen and oxygen atoms in total. The SMILES string of the molecule is COC(=O)c1ccc(CN2CCC[C@@H]3CN(S(=O)(=O)C(C)C)CC[C@H]32)cc1. The first-order chi connectivity index (χ1) is 12.8. The molecule has 7 heteroatoms. The number of hydrogen-bond acceptors (Lipinski definition) is 5. The Bertz CT molecular complexity index is 761. The summed E-state index contributed by atoms with van der Waals surface area (Å²) < 4.78 is 31.5. The quantitative estimate of drug-likeness (QED) is 0.718. The van der Waals surface area contributed by atoms with Crippen LogP contribution < -0.4 is 0 Å². The zero-order chi connectivity index (χ0) is 19.6. The number of fused-ring (bicyclic) bond motifs is 1. The average molecular weight is 395 g/mol. The van der Waals surface area contributed by atoms with Crippen LogP contribution in [-0.4, -0.2) is 61.6 Å². The summed E-state index contributed by atoms with van der Waals surface area (Å²) in [6.45, 7) is 6.64. The molecule has 0 aromatic heterocycles. The Labute approximate surface area is 162 Å². The summed E-state index contributed by atoms with van der Waals surface area (Å²) in [5.41, 5.74) is 1.73. The molecule has 2 aliphatic heterocycles. The Morgan fingerprint density at radius 2 is 1.89 bits per heavy atom. The third-order valence-electron chi connectivity index (χ3n) is 5.86. The predicted molar refractivity (Wildman–Crippen MR) is 105 cm³/mol. The van der Waals surface area contributed by atoms with E-state index in [0.717, 1.165) is 32.4 Å². The first-order valence-corrected chi connectivity index (χ1v) is 11.2. The van der Waals surface area contributed by atoms with Gasteiger partial charge >= 0.3 is 5.97 Å². The minimum Gasteiger partial charge on any atom is -0.465 e. The maximum Gasteiger partial charge on any atom is 0.337 e. The van der Waals surface area contributed by atoms with Crippen LogP contribution in [0.3, 0.4) is 0 Å². The van der Waals surface area contributed by atoms with Crippen molar-refractivity contribution in [3.05, 3.63) is 35.4 Å². The van der Waals surface area contributed by atoms with Crippen LogP contribution in [0.4, 0.5) is 0 Å². The van der Waals surface area contributed by atoms with Gasteiger partial charge in [-0.2, -0.15) is 0 Å². The number of ether oxygens (including phenoxy) is 1. The highest BCUT2D eigenvalue weighted by atomic mass is 32.2. The van der Waals surface area contributed by atoms with E-state index in [2.05, 4.69) is 4.90 Å². The first kappa shape index (κ1) is 20.3. The molecule has 0 bridgehead atoms. The molecule has 0 spiro atoms. The van der Waals surface area contributed by atoms with Crippen LogP contribution >= 0.6 is 0 Å². The summed E-state index contributed by atoms with van der Waals surface area (Å²) in [5.74, 6) is 0.0775. The highest BCUT2D eigenvalue weighted by molar-refractivity contribution is 7.89. The standard InChI is InChI=1S/C20H30N2O4S/c1-15(2)27(24,25)22-12-10-19-18(14-22)5-4-11-21(19)13-16-6-8-17(9-7-16)20(23)26-3/h6-9,15,18-19H,4-5,10-14H2,1-3H3/t18-,19-/m1/s1. The van der Waals surface area contributed by atoms with E-state index in [9.17, 15) is 13.2 Å². The fourth-order valence-electron chi connectivity index (χ4n) is 4.30. The molecule has 0 radical (unpaired) electrons. The Kier molecular flexibility index (Phi) is 6.23. The molecule has 0 saturated carbocycles. The fraction of sp³-hybridized carbons (Fsp3) is 0.650. The predicted octanol–water partition coefficient (Wildman–Crippen LogP) is 2.50. The van der Waals surface area contributed by atoms with Gasteiger partial charge in [-0.15, -0.1) is 0 Å². The van der Waals surface area contributed by atoms with Crippen molar-refractivity contribution in [1.29, 1.82) is 0 Å². The topological polar surface area (TPSA) is 66.9 Å². The number of esters is 1. The van der Waals surface area contributed by atoms with Crippen molar-refractivity contribution in [3.8, 4) is 0 Å². The smallest absolute Gasteiger partial charge is 0.337 e. The third-order valence-corrected chi connectivity index (χ3v) is 8.10. The van der Waals surface area contributed by atoms with Crippen LogP contribution in [0.5, 0.6) is 0 Å². The minimum atomic E-state index is -3.17. The molecule has 1 aromatic rings. The van der Waals surface area contributed by atoms with E-state index in [0.29, 0.717) is 30.6 Å². The van der Waals surface area contributed by atoms with E-state index in [1.165, 1.54) is 12.7 Å². The van der Waals surface area contributed by atoms with E-state index in [1.807, 2.05) is 12.1 Å². The van der Waals surface area contributed by atoms with Gasteiger partial charge in [0.05, 0.1) is 17.9 Å². The number of benzene rings is 1. The number of carbonyl (C=O) groups excluding carboxylic acids is 1. The van der Waals surface area contributed by atoms with Gasteiger partial charge in [0.2, 0.25) is 10.0 Å². The maximum absolute atomic E-state index is 12.5. The number of methoxy groups -OCH3 is 1. The van der Waals surface area contributed by atoms with Crippen LogP contribution in [0.25, 0.3) is 0 Å². The third kappa shape index (κ3) is 4.36. The molecule has 0 amide bonds. The second-order valence-corrected chi connectivity index (χ2v) is 10.4. The fourth-order valence-corrected chi connectivity index (χ4v) is 5.65. The van der Waals surface area contributed by atoms with Crippen LogP contribution in [0.1, 0.15) is 49.0 Å².